The van der Waals surface area contributed by atoms with E-state index in [1.165, 1.54) is 9.21 Å². The molecule has 200 valence electrons. The van der Waals surface area contributed by atoms with E-state index in [1.54, 1.807) is 0 Å². The van der Waals surface area contributed by atoms with Crippen molar-refractivity contribution < 1.29 is 22.3 Å². The average molecular weight is 533 g/mol. The number of aromatic nitrogens is 2. The number of hydrogen-bond acceptors (Lipinski definition) is 8. The quantitative estimate of drug-likeness (QED) is 0.495. The Morgan fingerprint density at radius 3 is 2.49 bits per heavy atom. The van der Waals surface area contributed by atoms with E-state index in [4.69, 9.17) is 4.74 Å². The van der Waals surface area contributed by atoms with Crippen molar-refractivity contribution in [3.05, 3.63) is 53.8 Å². The highest BCUT2D eigenvalue weighted by Gasteiger charge is 2.39. The molecule has 0 bridgehead atoms. The maximum Gasteiger partial charge on any atom is 0.416 e. The predicted octanol–water partition coefficient (Wildman–Crippen LogP) is 4.12. The minimum atomic E-state index is -3.37. The summed E-state index contributed by atoms with van der Waals surface area (Å²) in [6, 6.07) is 7.54. The highest BCUT2D eigenvalue weighted by atomic mass is 32.2. The SMILES string of the molecule is C=CS(=O)(=O)N1CCC(Nc2ccc([C@H](C)Nc3ncc(F)c(N4C(=O)OC[C@@H]4C(C)C)n3)cc2)CC1. The Morgan fingerprint density at radius 1 is 1.19 bits per heavy atom. The third kappa shape index (κ3) is 6.02. The summed E-state index contributed by atoms with van der Waals surface area (Å²) >= 11 is 0. The first-order chi connectivity index (χ1) is 17.6. The third-order valence-electron chi connectivity index (χ3n) is 6.78. The molecule has 2 aliphatic heterocycles. The van der Waals surface area contributed by atoms with Crippen LogP contribution in [-0.4, -0.2) is 60.6 Å². The fourth-order valence-electron chi connectivity index (χ4n) is 4.51. The van der Waals surface area contributed by atoms with Gasteiger partial charge in [0.25, 0.3) is 0 Å². The van der Waals surface area contributed by atoms with Gasteiger partial charge >= 0.3 is 6.09 Å². The molecule has 4 rings (SSSR count). The largest absolute Gasteiger partial charge is 0.447 e. The van der Waals surface area contributed by atoms with Gasteiger partial charge in [-0.2, -0.15) is 9.29 Å². The Balaban J connectivity index is 1.38. The molecule has 0 spiro atoms. The molecule has 1 aromatic carbocycles. The molecule has 2 aliphatic rings. The number of hydrogen-bond donors (Lipinski definition) is 2. The first kappa shape index (κ1) is 26.8. The van der Waals surface area contributed by atoms with E-state index in [1.807, 2.05) is 45.0 Å². The number of carbonyl (C=O) groups is 1. The molecule has 10 nitrogen and oxygen atoms in total. The summed E-state index contributed by atoms with van der Waals surface area (Å²) in [5.74, 6) is -0.519. The van der Waals surface area contributed by atoms with Crippen LogP contribution in [0.5, 0.6) is 0 Å². The van der Waals surface area contributed by atoms with Crippen LogP contribution in [0.25, 0.3) is 0 Å². The molecule has 37 heavy (non-hydrogen) atoms. The molecule has 0 unspecified atom stereocenters. The molecule has 1 amide bonds. The number of cyclic esters (lactones) is 1. The van der Waals surface area contributed by atoms with E-state index in [0.29, 0.717) is 25.9 Å². The van der Waals surface area contributed by atoms with Gasteiger partial charge in [0.05, 0.1) is 18.3 Å². The first-order valence-corrected chi connectivity index (χ1v) is 13.8. The van der Waals surface area contributed by atoms with Crippen LogP contribution < -0.4 is 15.5 Å². The summed E-state index contributed by atoms with van der Waals surface area (Å²) in [5, 5.41) is 7.64. The van der Waals surface area contributed by atoms with Crippen LogP contribution in [0.1, 0.15) is 45.2 Å². The van der Waals surface area contributed by atoms with Gasteiger partial charge in [-0.3, -0.25) is 4.90 Å². The van der Waals surface area contributed by atoms with Crippen molar-refractivity contribution in [3.63, 3.8) is 0 Å². The van der Waals surface area contributed by atoms with E-state index in [-0.39, 0.29) is 42.4 Å². The second-order valence-corrected chi connectivity index (χ2v) is 11.5. The molecule has 0 aliphatic carbocycles. The Hall–Kier alpha value is -3.25. The topological polar surface area (TPSA) is 117 Å². The van der Waals surface area contributed by atoms with Gasteiger partial charge in [0.15, 0.2) is 11.6 Å². The van der Waals surface area contributed by atoms with Crippen LogP contribution in [0.3, 0.4) is 0 Å². The number of halogens is 1. The molecule has 2 aromatic rings. The fourth-order valence-corrected chi connectivity index (χ4v) is 5.44. The molecule has 12 heteroatoms. The molecular formula is C25H33FN6O4S. The number of piperidine rings is 1. The van der Waals surface area contributed by atoms with Crippen LogP contribution >= 0.6 is 0 Å². The van der Waals surface area contributed by atoms with Crippen molar-refractivity contribution >= 4 is 33.6 Å². The monoisotopic (exact) mass is 532 g/mol. The number of nitrogens with zero attached hydrogens (tertiary/aromatic N) is 4. The summed E-state index contributed by atoms with van der Waals surface area (Å²) in [7, 11) is -3.37. The van der Waals surface area contributed by atoms with Crippen molar-refractivity contribution in [2.45, 2.75) is 51.7 Å². The summed E-state index contributed by atoms with van der Waals surface area (Å²) < 4.78 is 45.0. The average Bonchev–Trinajstić information content (AvgIpc) is 3.27. The van der Waals surface area contributed by atoms with E-state index >= 15 is 0 Å². The summed E-state index contributed by atoms with van der Waals surface area (Å²) in [5.41, 5.74) is 1.90. The number of anilines is 3. The number of benzene rings is 1. The standard InChI is InChI=1S/C25H33FN6O4S/c1-5-37(34,35)31-12-10-20(11-13-31)29-19-8-6-18(7-9-19)17(4)28-24-27-14-21(26)23(30-24)32-22(16(2)3)15-36-25(32)33/h5-9,14,16-17,20,22,29H,1,10-13,15H2,2-4H3,(H,27,28,30)/t17-,22+/m0/s1. The lowest BCUT2D eigenvalue weighted by Gasteiger charge is -2.31. The van der Waals surface area contributed by atoms with Crippen molar-refractivity contribution in [3.8, 4) is 0 Å². The normalized spacial score (nSPS) is 20.1. The fraction of sp³-hybridized carbons (Fsp3) is 0.480. The number of ether oxygens (including phenoxy) is 1. The highest BCUT2D eigenvalue weighted by Crippen LogP contribution is 2.29. The Morgan fingerprint density at radius 2 is 1.86 bits per heavy atom. The number of amides is 1. The second kappa shape index (κ2) is 11.0. The van der Waals surface area contributed by atoms with Crippen molar-refractivity contribution in [1.29, 1.82) is 0 Å². The number of sulfonamides is 1. The molecule has 1 aromatic heterocycles. The van der Waals surface area contributed by atoms with Gasteiger partial charge in [0, 0.05) is 30.2 Å². The van der Waals surface area contributed by atoms with Gasteiger partial charge in [-0.15, -0.1) is 0 Å². The molecule has 2 N–H and O–H groups in total. The zero-order valence-corrected chi connectivity index (χ0v) is 22.0. The van der Waals surface area contributed by atoms with Crippen LogP contribution in [-0.2, 0) is 14.8 Å². The first-order valence-electron chi connectivity index (χ1n) is 12.3. The van der Waals surface area contributed by atoms with Crippen molar-refractivity contribution in [1.82, 2.24) is 14.3 Å². The van der Waals surface area contributed by atoms with Gasteiger partial charge < -0.3 is 15.4 Å². The third-order valence-corrected chi connectivity index (χ3v) is 8.29. The van der Waals surface area contributed by atoms with Gasteiger partial charge in [0.1, 0.15) is 6.61 Å². The second-order valence-electron chi connectivity index (χ2n) is 9.64. The van der Waals surface area contributed by atoms with E-state index in [2.05, 4.69) is 27.2 Å². The number of carbonyl (C=O) groups excluding carboxylic acids is 1. The van der Waals surface area contributed by atoms with Crippen LogP contribution in [0.4, 0.5) is 26.6 Å². The van der Waals surface area contributed by atoms with Crippen LogP contribution in [0.15, 0.2) is 42.4 Å². The lowest BCUT2D eigenvalue weighted by atomic mass is 10.0. The Bertz CT molecular complexity index is 1230. The van der Waals surface area contributed by atoms with Crippen LogP contribution in [0, 0.1) is 11.7 Å². The maximum absolute atomic E-state index is 14.6. The zero-order chi connectivity index (χ0) is 26.7. The molecule has 2 saturated heterocycles. The highest BCUT2D eigenvalue weighted by molar-refractivity contribution is 7.92. The predicted molar refractivity (Wildman–Crippen MR) is 140 cm³/mol. The summed E-state index contributed by atoms with van der Waals surface area (Å²) in [6.07, 6.45) is 1.85. The lowest BCUT2D eigenvalue weighted by Crippen LogP contribution is -2.41. The Kier molecular flexibility index (Phi) is 7.98. The Labute approximate surface area is 217 Å². The zero-order valence-electron chi connectivity index (χ0n) is 21.2. The lowest BCUT2D eigenvalue weighted by molar-refractivity contribution is 0.177. The molecule has 2 atom stereocenters. The smallest absolute Gasteiger partial charge is 0.416 e. The number of rotatable bonds is 9. The van der Waals surface area contributed by atoms with E-state index in [9.17, 15) is 17.6 Å². The van der Waals surface area contributed by atoms with E-state index < -0.39 is 21.9 Å². The van der Waals surface area contributed by atoms with Crippen LogP contribution in [0.2, 0.25) is 0 Å². The van der Waals surface area contributed by atoms with Gasteiger partial charge in [-0.05, 0) is 43.4 Å². The number of nitrogens with one attached hydrogen (secondary N) is 2. The van der Waals surface area contributed by atoms with E-state index in [0.717, 1.165) is 22.9 Å². The summed E-state index contributed by atoms with van der Waals surface area (Å²) in [4.78, 5) is 21.9. The maximum atomic E-state index is 14.6. The molecule has 0 saturated carbocycles. The van der Waals surface area contributed by atoms with Gasteiger partial charge in [-0.1, -0.05) is 32.6 Å². The minimum absolute atomic E-state index is 0.0657. The molecule has 2 fully saturated rings. The van der Waals surface area contributed by atoms with Gasteiger partial charge in [0.2, 0.25) is 16.0 Å². The van der Waals surface area contributed by atoms with Crippen molar-refractivity contribution in [2.75, 3.05) is 35.2 Å². The molecule has 0 radical (unpaired) electrons. The van der Waals surface area contributed by atoms with Crippen molar-refractivity contribution in [2.24, 2.45) is 5.92 Å². The molecular weight excluding hydrogens is 499 g/mol. The van der Waals surface area contributed by atoms with Gasteiger partial charge in [-0.25, -0.2) is 22.6 Å². The summed E-state index contributed by atoms with van der Waals surface area (Å²) in [6.45, 7) is 10.3. The minimum Gasteiger partial charge on any atom is -0.447 e. The molecule has 3 heterocycles.